The number of aromatic nitrogens is 1. The van der Waals surface area contributed by atoms with Crippen molar-refractivity contribution in [3.8, 4) is 0 Å². The van der Waals surface area contributed by atoms with Crippen LogP contribution in [-0.2, 0) is 4.79 Å². The minimum atomic E-state index is 0.268. The van der Waals surface area contributed by atoms with Gasteiger partial charge in [-0.1, -0.05) is 0 Å². The van der Waals surface area contributed by atoms with Gasteiger partial charge in [-0.05, 0) is 37.0 Å². The van der Waals surface area contributed by atoms with Crippen LogP contribution < -0.4 is 0 Å². The van der Waals surface area contributed by atoms with Gasteiger partial charge in [0, 0.05) is 18.9 Å². The van der Waals surface area contributed by atoms with E-state index in [9.17, 15) is 4.79 Å². The quantitative estimate of drug-likeness (QED) is 0.666. The molecular formula is C11H14N2O. The zero-order chi connectivity index (χ0) is 9.80. The fraction of sp³-hybridized carbons (Fsp3) is 0.455. The lowest BCUT2D eigenvalue weighted by atomic mass is 9.97. The molecule has 1 unspecified atom stereocenters. The molecule has 3 nitrogen and oxygen atoms in total. The third kappa shape index (κ3) is 1.76. The Bertz CT molecular complexity index is 299. The van der Waals surface area contributed by atoms with Gasteiger partial charge in [0.15, 0.2) is 0 Å². The molecule has 0 N–H and O–H groups in total. The average Bonchev–Trinajstić information content (AvgIpc) is 2.30. The Morgan fingerprint density at radius 1 is 1.36 bits per heavy atom. The van der Waals surface area contributed by atoms with Crippen molar-refractivity contribution in [1.82, 2.24) is 9.88 Å². The van der Waals surface area contributed by atoms with Gasteiger partial charge in [-0.2, -0.15) is 0 Å². The van der Waals surface area contributed by atoms with Crippen LogP contribution in [0.4, 0.5) is 0 Å². The molecule has 1 aromatic heterocycles. The van der Waals surface area contributed by atoms with Crippen LogP contribution in [0.1, 0.15) is 30.9 Å². The van der Waals surface area contributed by atoms with Crippen molar-refractivity contribution in [3.63, 3.8) is 0 Å². The molecule has 74 valence electrons. The summed E-state index contributed by atoms with van der Waals surface area (Å²) in [5, 5.41) is 0. The Hall–Kier alpha value is -1.38. The first-order chi connectivity index (χ1) is 6.92. The Balaban J connectivity index is 2.19. The zero-order valence-corrected chi connectivity index (χ0v) is 8.10. The highest BCUT2D eigenvalue weighted by Gasteiger charge is 2.21. The van der Waals surface area contributed by atoms with E-state index in [1.54, 1.807) is 12.4 Å². The van der Waals surface area contributed by atoms with E-state index in [4.69, 9.17) is 0 Å². The van der Waals surface area contributed by atoms with E-state index in [2.05, 4.69) is 4.98 Å². The van der Waals surface area contributed by atoms with Crippen molar-refractivity contribution in [1.29, 1.82) is 0 Å². The second-order valence-electron chi connectivity index (χ2n) is 3.64. The van der Waals surface area contributed by atoms with Gasteiger partial charge >= 0.3 is 0 Å². The number of nitrogens with zero attached hydrogens (tertiary/aromatic N) is 2. The van der Waals surface area contributed by atoms with Gasteiger partial charge in [0.05, 0.1) is 6.04 Å². The van der Waals surface area contributed by atoms with Crippen LogP contribution in [0.3, 0.4) is 0 Å². The van der Waals surface area contributed by atoms with E-state index in [1.807, 2.05) is 17.0 Å². The number of rotatable bonds is 2. The largest absolute Gasteiger partial charge is 0.338 e. The summed E-state index contributed by atoms with van der Waals surface area (Å²) in [7, 11) is 0. The molecule has 0 saturated carbocycles. The van der Waals surface area contributed by atoms with Crippen molar-refractivity contribution in [2.75, 3.05) is 6.54 Å². The molecule has 1 aromatic rings. The van der Waals surface area contributed by atoms with E-state index < -0.39 is 0 Å². The van der Waals surface area contributed by atoms with Crippen molar-refractivity contribution in [2.24, 2.45) is 0 Å². The Morgan fingerprint density at radius 3 is 2.86 bits per heavy atom. The Morgan fingerprint density at radius 2 is 2.14 bits per heavy atom. The molecule has 1 amide bonds. The fourth-order valence-electron chi connectivity index (χ4n) is 2.02. The lowest BCUT2D eigenvalue weighted by molar-refractivity contribution is -0.121. The molecule has 1 saturated heterocycles. The van der Waals surface area contributed by atoms with Crippen LogP contribution >= 0.6 is 0 Å². The van der Waals surface area contributed by atoms with Crippen LogP contribution in [0.5, 0.6) is 0 Å². The van der Waals surface area contributed by atoms with Crippen LogP contribution in [-0.4, -0.2) is 22.8 Å². The molecular weight excluding hydrogens is 176 g/mol. The maximum atomic E-state index is 10.9. The third-order valence-electron chi connectivity index (χ3n) is 2.77. The molecule has 0 spiro atoms. The molecule has 1 atom stereocenters. The lowest BCUT2D eigenvalue weighted by Gasteiger charge is -2.32. The highest BCUT2D eigenvalue weighted by atomic mass is 16.1. The maximum absolute atomic E-state index is 10.9. The van der Waals surface area contributed by atoms with E-state index in [0.29, 0.717) is 0 Å². The van der Waals surface area contributed by atoms with E-state index >= 15 is 0 Å². The van der Waals surface area contributed by atoms with Crippen molar-refractivity contribution < 1.29 is 4.79 Å². The minimum Gasteiger partial charge on any atom is -0.338 e. The molecule has 0 aromatic carbocycles. The van der Waals surface area contributed by atoms with Crippen molar-refractivity contribution in [3.05, 3.63) is 30.1 Å². The number of hydrogen-bond acceptors (Lipinski definition) is 2. The molecule has 1 fully saturated rings. The summed E-state index contributed by atoms with van der Waals surface area (Å²) in [6.07, 6.45) is 7.94. The topological polar surface area (TPSA) is 33.2 Å². The highest BCUT2D eigenvalue weighted by molar-refractivity contribution is 5.49. The summed E-state index contributed by atoms with van der Waals surface area (Å²) in [5.74, 6) is 0. The number of hydrogen-bond donors (Lipinski definition) is 0. The lowest BCUT2D eigenvalue weighted by Crippen LogP contribution is -2.32. The molecule has 0 bridgehead atoms. The van der Waals surface area contributed by atoms with Gasteiger partial charge < -0.3 is 4.90 Å². The second kappa shape index (κ2) is 4.22. The van der Waals surface area contributed by atoms with E-state index in [0.717, 1.165) is 25.8 Å². The number of amides is 1. The first-order valence-corrected chi connectivity index (χ1v) is 5.03. The molecule has 0 aliphatic carbocycles. The first-order valence-electron chi connectivity index (χ1n) is 5.03. The standard InChI is InChI=1S/C11H14N2O/c14-9-13-8-2-1-3-11(13)10-4-6-12-7-5-10/h4-7,9,11H,1-3,8H2. The molecule has 1 aliphatic heterocycles. The van der Waals surface area contributed by atoms with Gasteiger partial charge in [-0.15, -0.1) is 0 Å². The van der Waals surface area contributed by atoms with Gasteiger partial charge in [-0.3, -0.25) is 9.78 Å². The smallest absolute Gasteiger partial charge is 0.210 e. The van der Waals surface area contributed by atoms with E-state index in [1.165, 1.54) is 12.0 Å². The predicted molar refractivity (Wildman–Crippen MR) is 53.6 cm³/mol. The normalized spacial score (nSPS) is 22.0. The summed E-state index contributed by atoms with van der Waals surface area (Å²) in [5.41, 5.74) is 1.20. The molecule has 3 heteroatoms. The third-order valence-corrected chi connectivity index (χ3v) is 2.77. The van der Waals surface area contributed by atoms with Crippen molar-refractivity contribution >= 4 is 6.41 Å². The van der Waals surface area contributed by atoms with Gasteiger partial charge in [-0.25, -0.2) is 0 Å². The zero-order valence-electron chi connectivity index (χ0n) is 8.10. The fourth-order valence-corrected chi connectivity index (χ4v) is 2.02. The summed E-state index contributed by atoms with van der Waals surface area (Å²) >= 11 is 0. The summed E-state index contributed by atoms with van der Waals surface area (Å²) in [6, 6.07) is 4.25. The summed E-state index contributed by atoms with van der Waals surface area (Å²) < 4.78 is 0. The number of carbonyl (C=O) groups excluding carboxylic acids is 1. The van der Waals surface area contributed by atoms with Crippen LogP contribution in [0.2, 0.25) is 0 Å². The second-order valence-corrected chi connectivity index (χ2v) is 3.64. The molecule has 2 rings (SSSR count). The predicted octanol–water partition coefficient (Wildman–Crippen LogP) is 1.76. The molecule has 1 aliphatic rings. The van der Waals surface area contributed by atoms with Crippen LogP contribution in [0.25, 0.3) is 0 Å². The number of piperidine rings is 1. The van der Waals surface area contributed by atoms with Gasteiger partial charge in [0.2, 0.25) is 6.41 Å². The summed E-state index contributed by atoms with van der Waals surface area (Å²) in [4.78, 5) is 16.7. The SMILES string of the molecule is O=CN1CCCCC1c1ccncc1. The Labute approximate surface area is 83.8 Å². The minimum absolute atomic E-state index is 0.268. The number of carbonyl (C=O) groups is 1. The van der Waals surface area contributed by atoms with Gasteiger partial charge in [0.1, 0.15) is 0 Å². The summed E-state index contributed by atoms with van der Waals surface area (Å²) in [6.45, 7) is 0.885. The van der Waals surface area contributed by atoms with Crippen LogP contribution in [0.15, 0.2) is 24.5 Å². The molecule has 2 heterocycles. The number of likely N-dealkylation sites (tertiary alicyclic amines) is 1. The van der Waals surface area contributed by atoms with Crippen molar-refractivity contribution in [2.45, 2.75) is 25.3 Å². The average molecular weight is 190 g/mol. The highest BCUT2D eigenvalue weighted by Crippen LogP contribution is 2.28. The molecule has 0 radical (unpaired) electrons. The maximum Gasteiger partial charge on any atom is 0.210 e. The monoisotopic (exact) mass is 190 g/mol. The Kier molecular flexibility index (Phi) is 2.77. The first kappa shape index (κ1) is 9.19. The van der Waals surface area contributed by atoms with Crippen LogP contribution in [0, 0.1) is 0 Å². The van der Waals surface area contributed by atoms with Gasteiger partial charge in [0.25, 0.3) is 0 Å². The number of pyridine rings is 1. The van der Waals surface area contributed by atoms with E-state index in [-0.39, 0.29) is 6.04 Å². The molecule has 14 heavy (non-hydrogen) atoms.